The van der Waals surface area contributed by atoms with E-state index in [1.807, 2.05) is 36.4 Å². The number of nitrogens with zero attached hydrogens (tertiary/aromatic N) is 1. The third-order valence-electron chi connectivity index (χ3n) is 3.96. The fourth-order valence-corrected chi connectivity index (χ4v) is 4.36. The van der Waals surface area contributed by atoms with Gasteiger partial charge in [0.2, 0.25) is 15.9 Å². The Bertz CT molecular complexity index is 1050. The van der Waals surface area contributed by atoms with Gasteiger partial charge in [0, 0.05) is 11.0 Å². The molecule has 0 atom stereocenters. The first-order valence-electron chi connectivity index (χ1n) is 7.88. The van der Waals surface area contributed by atoms with Crippen molar-refractivity contribution in [3.8, 4) is 0 Å². The highest BCUT2D eigenvalue weighted by molar-refractivity contribution is 9.10. The topological polar surface area (TPSA) is 80.5 Å². The van der Waals surface area contributed by atoms with Crippen molar-refractivity contribution in [2.45, 2.75) is 11.4 Å². The summed E-state index contributed by atoms with van der Waals surface area (Å²) in [6.07, 6.45) is 0. The van der Waals surface area contributed by atoms with Crippen LogP contribution in [0.25, 0.3) is 10.8 Å². The van der Waals surface area contributed by atoms with Gasteiger partial charge in [-0.05, 0) is 40.6 Å². The Balaban J connectivity index is 1.99. The van der Waals surface area contributed by atoms with Crippen molar-refractivity contribution in [2.75, 3.05) is 6.54 Å². The number of hydrogen-bond acceptors (Lipinski definition) is 3. The first kappa shape index (κ1) is 18.6. The van der Waals surface area contributed by atoms with Crippen LogP contribution < -0.4 is 5.73 Å². The number of nitrogens with two attached hydrogens (primary N) is 1. The maximum atomic E-state index is 13.1. The minimum Gasteiger partial charge on any atom is -0.369 e. The molecule has 3 aromatic rings. The van der Waals surface area contributed by atoms with Crippen LogP contribution in [-0.2, 0) is 21.4 Å². The lowest BCUT2D eigenvalue weighted by Gasteiger charge is -2.21. The van der Waals surface area contributed by atoms with Crippen molar-refractivity contribution < 1.29 is 13.2 Å². The van der Waals surface area contributed by atoms with E-state index in [4.69, 9.17) is 5.73 Å². The molecule has 0 saturated heterocycles. The summed E-state index contributed by atoms with van der Waals surface area (Å²) in [6.45, 7) is -0.323. The fraction of sp³-hybridized carbons (Fsp3) is 0.105. The highest BCUT2D eigenvalue weighted by Crippen LogP contribution is 2.23. The van der Waals surface area contributed by atoms with Gasteiger partial charge in [0.1, 0.15) is 0 Å². The number of hydrogen-bond donors (Lipinski definition) is 1. The van der Waals surface area contributed by atoms with Gasteiger partial charge in [-0.15, -0.1) is 0 Å². The fourth-order valence-electron chi connectivity index (χ4n) is 2.67. The van der Waals surface area contributed by atoms with E-state index in [2.05, 4.69) is 15.9 Å². The molecule has 2 N–H and O–H groups in total. The molecule has 0 aliphatic rings. The first-order valence-corrected chi connectivity index (χ1v) is 10.1. The van der Waals surface area contributed by atoms with Crippen LogP contribution in [0.3, 0.4) is 0 Å². The largest absolute Gasteiger partial charge is 0.369 e. The molecule has 0 bridgehead atoms. The lowest BCUT2D eigenvalue weighted by Crippen LogP contribution is -2.38. The maximum Gasteiger partial charge on any atom is 0.243 e. The van der Waals surface area contributed by atoms with Crippen molar-refractivity contribution in [3.63, 3.8) is 0 Å². The van der Waals surface area contributed by atoms with Gasteiger partial charge in [-0.1, -0.05) is 58.4 Å². The van der Waals surface area contributed by atoms with E-state index >= 15 is 0 Å². The van der Waals surface area contributed by atoms with Gasteiger partial charge in [0.05, 0.1) is 11.4 Å². The monoisotopic (exact) mass is 432 g/mol. The molecular formula is C19H17BrN2O3S. The number of benzene rings is 3. The van der Waals surface area contributed by atoms with Gasteiger partial charge in [-0.2, -0.15) is 4.31 Å². The molecule has 3 aromatic carbocycles. The van der Waals surface area contributed by atoms with E-state index in [-0.39, 0.29) is 18.0 Å². The van der Waals surface area contributed by atoms with E-state index in [9.17, 15) is 13.2 Å². The molecule has 3 rings (SSSR count). The number of rotatable bonds is 6. The van der Waals surface area contributed by atoms with Crippen molar-refractivity contribution in [1.29, 1.82) is 0 Å². The van der Waals surface area contributed by atoms with Crippen LogP contribution in [0, 0.1) is 0 Å². The van der Waals surface area contributed by atoms with E-state index in [0.29, 0.717) is 0 Å². The molecule has 5 nitrogen and oxygen atoms in total. The predicted octanol–water partition coefficient (Wildman–Crippen LogP) is 3.28. The van der Waals surface area contributed by atoms with Gasteiger partial charge in [-0.3, -0.25) is 4.79 Å². The second-order valence-corrected chi connectivity index (χ2v) is 8.73. The number of primary amides is 1. The lowest BCUT2D eigenvalue weighted by molar-refractivity contribution is -0.118. The summed E-state index contributed by atoms with van der Waals surface area (Å²) >= 11 is 3.35. The quantitative estimate of drug-likeness (QED) is 0.648. The molecule has 0 unspecified atom stereocenters. The van der Waals surface area contributed by atoms with Crippen molar-refractivity contribution in [1.82, 2.24) is 4.31 Å². The third kappa shape index (κ3) is 4.12. The third-order valence-corrected chi connectivity index (χ3v) is 6.28. The Hall–Kier alpha value is -2.22. The molecule has 0 aromatic heterocycles. The van der Waals surface area contributed by atoms with Gasteiger partial charge in [0.15, 0.2) is 0 Å². The number of fused-ring (bicyclic) bond motifs is 1. The summed E-state index contributed by atoms with van der Waals surface area (Å²) in [4.78, 5) is 11.6. The number of sulfonamides is 1. The number of halogens is 1. The Morgan fingerprint density at radius 1 is 0.962 bits per heavy atom. The van der Waals surface area contributed by atoms with Gasteiger partial charge in [-0.25, -0.2) is 8.42 Å². The smallest absolute Gasteiger partial charge is 0.243 e. The second-order valence-electron chi connectivity index (χ2n) is 5.87. The van der Waals surface area contributed by atoms with Crippen LogP contribution in [-0.4, -0.2) is 25.2 Å². The Morgan fingerprint density at radius 3 is 2.27 bits per heavy atom. The van der Waals surface area contributed by atoms with Crippen molar-refractivity contribution in [2.24, 2.45) is 5.73 Å². The molecule has 0 fully saturated rings. The molecule has 1 amide bonds. The average molecular weight is 433 g/mol. The molecule has 0 aliphatic heterocycles. The zero-order chi connectivity index (χ0) is 18.7. The zero-order valence-electron chi connectivity index (χ0n) is 13.8. The van der Waals surface area contributed by atoms with Crippen LogP contribution in [0.2, 0.25) is 0 Å². The molecule has 0 radical (unpaired) electrons. The number of carbonyl (C=O) groups excluding carboxylic acids is 1. The normalized spacial score (nSPS) is 11.8. The van der Waals surface area contributed by atoms with Crippen LogP contribution in [0.15, 0.2) is 76.1 Å². The number of carbonyl (C=O) groups is 1. The highest BCUT2D eigenvalue weighted by Gasteiger charge is 2.26. The highest BCUT2D eigenvalue weighted by atomic mass is 79.9. The van der Waals surface area contributed by atoms with E-state index < -0.39 is 15.9 Å². The maximum absolute atomic E-state index is 13.1. The van der Waals surface area contributed by atoms with E-state index in [0.717, 1.165) is 25.1 Å². The number of amides is 1. The molecular weight excluding hydrogens is 416 g/mol. The zero-order valence-corrected chi connectivity index (χ0v) is 16.2. The van der Waals surface area contributed by atoms with Crippen molar-refractivity contribution >= 4 is 42.6 Å². The molecule has 26 heavy (non-hydrogen) atoms. The van der Waals surface area contributed by atoms with Crippen LogP contribution in [0.4, 0.5) is 0 Å². The average Bonchev–Trinajstić information content (AvgIpc) is 2.62. The van der Waals surface area contributed by atoms with Gasteiger partial charge >= 0.3 is 0 Å². The summed E-state index contributed by atoms with van der Waals surface area (Å²) < 4.78 is 28.2. The summed E-state index contributed by atoms with van der Waals surface area (Å²) in [6, 6.07) is 19.7. The standard InChI is InChI=1S/C19H17BrN2O3S/c20-17-8-5-14(6-9-17)12-22(13-19(21)23)26(24,25)18-10-7-15-3-1-2-4-16(15)11-18/h1-11H,12-13H2,(H2,21,23). The van der Waals surface area contributed by atoms with Crippen LogP contribution >= 0.6 is 15.9 Å². The van der Waals surface area contributed by atoms with Crippen LogP contribution in [0.5, 0.6) is 0 Å². The minimum atomic E-state index is -3.88. The van der Waals surface area contributed by atoms with Crippen molar-refractivity contribution in [3.05, 3.63) is 76.8 Å². The molecule has 0 aliphatic carbocycles. The summed E-state index contributed by atoms with van der Waals surface area (Å²) in [5.74, 6) is -0.702. The summed E-state index contributed by atoms with van der Waals surface area (Å²) in [7, 11) is -3.88. The molecule has 7 heteroatoms. The van der Waals surface area contributed by atoms with Gasteiger partial charge in [0.25, 0.3) is 0 Å². The Labute approximate surface area is 160 Å². The lowest BCUT2D eigenvalue weighted by atomic mass is 10.1. The summed E-state index contributed by atoms with van der Waals surface area (Å²) in [5, 5.41) is 1.76. The first-order chi connectivity index (χ1) is 12.4. The van der Waals surface area contributed by atoms with Gasteiger partial charge < -0.3 is 5.73 Å². The SMILES string of the molecule is NC(=O)CN(Cc1ccc(Br)cc1)S(=O)(=O)c1ccc2ccccc2c1. The summed E-state index contributed by atoms with van der Waals surface area (Å²) in [5.41, 5.74) is 6.05. The van der Waals surface area contributed by atoms with E-state index in [1.165, 1.54) is 0 Å². The Morgan fingerprint density at radius 2 is 1.62 bits per heavy atom. The molecule has 0 spiro atoms. The Kier molecular flexibility index (Phi) is 5.41. The van der Waals surface area contributed by atoms with Crippen LogP contribution in [0.1, 0.15) is 5.56 Å². The molecule has 134 valence electrons. The van der Waals surface area contributed by atoms with E-state index in [1.54, 1.807) is 30.3 Å². The second kappa shape index (κ2) is 7.57. The predicted molar refractivity (Wildman–Crippen MR) is 105 cm³/mol. The molecule has 0 heterocycles. The minimum absolute atomic E-state index is 0.0609. The molecule has 0 saturated carbocycles.